The second-order valence-electron chi connectivity index (χ2n) is 10.0. The molecule has 1 fully saturated rings. The Bertz CT molecular complexity index is 1440. The van der Waals surface area contributed by atoms with E-state index in [1.165, 1.54) is 4.90 Å². The van der Waals surface area contributed by atoms with E-state index in [-0.39, 0.29) is 12.4 Å². The highest BCUT2D eigenvalue weighted by molar-refractivity contribution is 7.99. The molecule has 0 bridgehead atoms. The van der Waals surface area contributed by atoms with Crippen molar-refractivity contribution in [3.8, 4) is 34.0 Å². The molecule has 0 amide bonds. The van der Waals surface area contributed by atoms with E-state index in [0.717, 1.165) is 16.7 Å². The molecule has 3 heterocycles. The summed E-state index contributed by atoms with van der Waals surface area (Å²) in [6.07, 6.45) is 1.63. The average molecular weight is 566 g/mol. The quantitative estimate of drug-likeness (QED) is 0.136. The van der Waals surface area contributed by atoms with Gasteiger partial charge in [0, 0.05) is 33.9 Å². The minimum atomic E-state index is -2.43. The zero-order chi connectivity index (χ0) is 28.5. The Balaban J connectivity index is 1.29. The summed E-state index contributed by atoms with van der Waals surface area (Å²) in [5.41, 5.74) is 10.2. The molecule has 0 spiro atoms. The van der Waals surface area contributed by atoms with Crippen LogP contribution in [0.5, 0.6) is 0 Å². The number of nitrogens with one attached hydrogen (secondary N) is 1. The van der Waals surface area contributed by atoms with E-state index in [1.54, 1.807) is 36.2 Å². The Labute approximate surface area is 235 Å². The molecule has 0 aliphatic carbocycles. The van der Waals surface area contributed by atoms with Gasteiger partial charge in [-0.15, -0.1) is 11.8 Å². The molecule has 1 saturated heterocycles. The summed E-state index contributed by atoms with van der Waals surface area (Å²) in [6.45, 7) is 3.57. The second-order valence-corrected chi connectivity index (χ2v) is 11.7. The van der Waals surface area contributed by atoms with Gasteiger partial charge in [-0.1, -0.05) is 55.4 Å². The molecule has 5 rings (SSSR count). The molecule has 2 aromatic heterocycles. The van der Waals surface area contributed by atoms with Crippen molar-refractivity contribution >= 4 is 17.6 Å². The Morgan fingerprint density at radius 3 is 2.25 bits per heavy atom. The Morgan fingerprint density at radius 2 is 1.60 bits per heavy atom. The second kappa shape index (κ2) is 11.3. The van der Waals surface area contributed by atoms with Gasteiger partial charge >= 0.3 is 0 Å². The molecule has 7 N–H and O–H groups in total. The lowest BCUT2D eigenvalue weighted by Gasteiger charge is -2.43. The van der Waals surface area contributed by atoms with Crippen molar-refractivity contribution in [2.24, 2.45) is 0 Å². The molecule has 0 saturated carbocycles. The maximum Gasteiger partial charge on any atom is 0.208 e. The van der Waals surface area contributed by atoms with Crippen LogP contribution in [0.4, 0.5) is 5.82 Å². The number of ether oxygens (including phenoxy) is 1. The molecule has 40 heavy (non-hydrogen) atoms. The lowest BCUT2D eigenvalue weighted by molar-refractivity contribution is -0.341. The smallest absolute Gasteiger partial charge is 0.208 e. The van der Waals surface area contributed by atoms with Crippen molar-refractivity contribution in [3.63, 3.8) is 0 Å². The van der Waals surface area contributed by atoms with Gasteiger partial charge in [-0.2, -0.15) is 0 Å². The zero-order valence-corrected chi connectivity index (χ0v) is 22.8. The number of hydrogen-bond donors (Lipinski definition) is 6. The normalized spacial score (nSPS) is 16.9. The molecule has 4 aromatic rings. The largest absolute Gasteiger partial charge is 0.382 e. The van der Waals surface area contributed by atoms with Crippen molar-refractivity contribution in [1.29, 1.82) is 0 Å². The van der Waals surface area contributed by atoms with Crippen LogP contribution in [0, 0.1) is 0 Å². The maximum atomic E-state index is 10.1. The van der Waals surface area contributed by atoms with E-state index in [2.05, 4.69) is 46.4 Å². The van der Waals surface area contributed by atoms with Gasteiger partial charge in [-0.3, -0.25) is 0 Å². The molecule has 0 radical (unpaired) electrons. The number of nitrogens with two attached hydrogens (primary N) is 1. The highest BCUT2D eigenvalue weighted by atomic mass is 32.2. The number of anilines is 1. The third-order valence-corrected chi connectivity index (χ3v) is 7.40. The third-order valence-electron chi connectivity index (χ3n) is 6.38. The molecule has 1 aliphatic heterocycles. The molecule has 0 unspecified atom stereocenters. The fraction of sp³-hybridized carbons (Fsp3) is 0.321. The Morgan fingerprint density at radius 1 is 0.975 bits per heavy atom. The van der Waals surface area contributed by atoms with Gasteiger partial charge in [-0.25, -0.2) is 9.97 Å². The van der Waals surface area contributed by atoms with Crippen molar-refractivity contribution in [2.75, 3.05) is 18.9 Å². The predicted molar refractivity (Wildman–Crippen MR) is 150 cm³/mol. The number of rotatable bonds is 8. The van der Waals surface area contributed by atoms with E-state index in [9.17, 15) is 20.4 Å². The molecule has 0 atom stereocenters. The van der Waals surface area contributed by atoms with Gasteiger partial charge in [0.1, 0.15) is 24.9 Å². The number of benzene rings is 2. The number of aliphatic hydroxyl groups is 4. The number of hydrogen-bond acceptors (Lipinski definition) is 12. The predicted octanol–water partition coefficient (Wildman–Crippen LogP) is 2.40. The molecule has 1 aliphatic rings. The third kappa shape index (κ3) is 6.18. The number of nitrogen functional groups attached to an aromatic ring is 1. The summed E-state index contributed by atoms with van der Waals surface area (Å²) in [6, 6.07) is 15.7. The molecule has 2 aromatic carbocycles. The van der Waals surface area contributed by atoms with E-state index in [1.807, 2.05) is 24.3 Å². The summed E-state index contributed by atoms with van der Waals surface area (Å²) >= 11 is 1.79. The summed E-state index contributed by atoms with van der Waals surface area (Å²) in [5.74, 6) is -4.27. The lowest BCUT2D eigenvalue weighted by atomic mass is 9.96. The summed E-state index contributed by atoms with van der Waals surface area (Å²) in [4.78, 5) is 10.2. The van der Waals surface area contributed by atoms with Gasteiger partial charge < -0.3 is 40.7 Å². The zero-order valence-electron chi connectivity index (χ0n) is 22.0. The topological polar surface area (TPSA) is 180 Å². The standard InChI is InChI=1S/C28H31N5O6S/c1-16(2)40-20-9-7-19(8-10-20)22-13-30-25(29)24(32-22)23-11-21(33-39-23)18-5-3-17(4-6-18)12-31-26-27(34,35)14-38-15-28(26,36)37/h3-11,13,16,26,31,34-37H,12,14-15H2,1-2H3,(H2,29,30). The van der Waals surface area contributed by atoms with Crippen molar-refractivity contribution < 1.29 is 29.7 Å². The van der Waals surface area contributed by atoms with Gasteiger partial charge in [0.25, 0.3) is 0 Å². The van der Waals surface area contributed by atoms with Gasteiger partial charge in [0.2, 0.25) is 11.6 Å². The van der Waals surface area contributed by atoms with Crippen LogP contribution in [-0.4, -0.2) is 71.6 Å². The molecular weight excluding hydrogens is 534 g/mol. The minimum Gasteiger partial charge on any atom is -0.382 e. The van der Waals surface area contributed by atoms with Crippen LogP contribution in [0.1, 0.15) is 19.4 Å². The highest BCUT2D eigenvalue weighted by Gasteiger charge is 2.52. The van der Waals surface area contributed by atoms with Gasteiger partial charge in [0.15, 0.2) is 17.3 Å². The van der Waals surface area contributed by atoms with E-state index in [0.29, 0.717) is 28.1 Å². The first-order valence-corrected chi connectivity index (χ1v) is 13.6. The van der Waals surface area contributed by atoms with Crippen LogP contribution < -0.4 is 11.1 Å². The maximum absolute atomic E-state index is 10.1. The van der Waals surface area contributed by atoms with E-state index in [4.69, 9.17) is 15.0 Å². The monoisotopic (exact) mass is 565 g/mol. The fourth-order valence-electron chi connectivity index (χ4n) is 4.45. The van der Waals surface area contributed by atoms with E-state index >= 15 is 0 Å². The fourth-order valence-corrected chi connectivity index (χ4v) is 5.28. The van der Waals surface area contributed by atoms with Crippen LogP contribution in [0.2, 0.25) is 0 Å². The van der Waals surface area contributed by atoms with Crippen molar-refractivity contribution in [3.05, 3.63) is 66.4 Å². The minimum absolute atomic E-state index is 0.150. The molecule has 210 valence electrons. The van der Waals surface area contributed by atoms with Crippen molar-refractivity contribution in [2.45, 2.75) is 48.2 Å². The van der Waals surface area contributed by atoms with E-state index < -0.39 is 30.8 Å². The average Bonchev–Trinajstić information content (AvgIpc) is 3.39. The Kier molecular flexibility index (Phi) is 7.93. The number of thioether (sulfide) groups is 1. The molecular formula is C28H31N5O6S. The van der Waals surface area contributed by atoms with Gasteiger partial charge in [-0.05, 0) is 17.7 Å². The number of aromatic nitrogens is 3. The molecule has 12 heteroatoms. The van der Waals surface area contributed by atoms with Crippen LogP contribution in [-0.2, 0) is 11.3 Å². The van der Waals surface area contributed by atoms with Crippen LogP contribution in [0.25, 0.3) is 34.0 Å². The number of nitrogens with zero attached hydrogens (tertiary/aromatic N) is 3. The van der Waals surface area contributed by atoms with Crippen LogP contribution >= 0.6 is 11.8 Å². The van der Waals surface area contributed by atoms with Gasteiger partial charge in [0.05, 0.1) is 11.9 Å². The lowest BCUT2D eigenvalue weighted by Crippen LogP contribution is -2.70. The van der Waals surface area contributed by atoms with Crippen LogP contribution in [0.3, 0.4) is 0 Å². The first-order valence-electron chi connectivity index (χ1n) is 12.7. The highest BCUT2D eigenvalue weighted by Crippen LogP contribution is 2.31. The summed E-state index contributed by atoms with van der Waals surface area (Å²) in [7, 11) is 0. The first kappa shape index (κ1) is 28.2. The summed E-state index contributed by atoms with van der Waals surface area (Å²) < 4.78 is 10.4. The summed E-state index contributed by atoms with van der Waals surface area (Å²) in [5, 5.41) is 47.8. The van der Waals surface area contributed by atoms with Crippen LogP contribution in [0.15, 0.2) is 70.2 Å². The Hall–Kier alpha value is -3.36. The SMILES string of the molecule is CC(C)Sc1ccc(-c2cnc(N)c(-c3cc(-c4ccc(CNC5C(O)(O)COCC5(O)O)cc4)no3)n2)cc1. The first-order chi connectivity index (χ1) is 19.0. The van der Waals surface area contributed by atoms with Crippen molar-refractivity contribution in [1.82, 2.24) is 20.4 Å². The molecule has 11 nitrogen and oxygen atoms in total.